The molecule has 0 radical (unpaired) electrons. The lowest BCUT2D eigenvalue weighted by molar-refractivity contribution is 0.0778. The Morgan fingerprint density at radius 2 is 2.09 bits per heavy atom. The highest BCUT2D eigenvalue weighted by atomic mass is 35.5. The van der Waals surface area contributed by atoms with Gasteiger partial charge in [0.2, 0.25) is 0 Å². The summed E-state index contributed by atoms with van der Waals surface area (Å²) >= 11 is 7.47. The van der Waals surface area contributed by atoms with Crippen molar-refractivity contribution >= 4 is 28.8 Å². The minimum Gasteiger partial charge on any atom is -0.492 e. The fourth-order valence-corrected chi connectivity index (χ4v) is 3.93. The fraction of sp³-hybridized carbons (Fsp3) is 0.353. The van der Waals surface area contributed by atoms with Gasteiger partial charge in [-0.1, -0.05) is 11.6 Å². The molecule has 0 spiro atoms. The number of ether oxygens (including phenoxy) is 1. The van der Waals surface area contributed by atoms with Crippen LogP contribution in [0.5, 0.6) is 5.75 Å². The van der Waals surface area contributed by atoms with Crippen molar-refractivity contribution in [3.63, 3.8) is 0 Å². The zero-order valence-electron chi connectivity index (χ0n) is 12.5. The summed E-state index contributed by atoms with van der Waals surface area (Å²) in [5.41, 5.74) is 1.36. The normalized spacial score (nSPS) is 13.0. The molecule has 1 aliphatic rings. The van der Waals surface area contributed by atoms with Crippen molar-refractivity contribution in [2.45, 2.75) is 19.3 Å². The van der Waals surface area contributed by atoms with E-state index in [2.05, 4.69) is 6.07 Å². The lowest BCUT2D eigenvalue weighted by Gasteiger charge is -2.16. The summed E-state index contributed by atoms with van der Waals surface area (Å²) in [6.45, 7) is 1.03. The molecular formula is C17H18ClNO2S. The number of carbonyl (C=O) groups is 1. The maximum atomic E-state index is 12.4. The highest BCUT2D eigenvalue weighted by Crippen LogP contribution is 2.31. The first-order valence-electron chi connectivity index (χ1n) is 7.39. The average molecular weight is 336 g/mol. The van der Waals surface area contributed by atoms with Crippen LogP contribution in [0.25, 0.3) is 0 Å². The predicted molar refractivity (Wildman–Crippen MR) is 90.3 cm³/mol. The summed E-state index contributed by atoms with van der Waals surface area (Å²) in [5, 5.41) is 0.686. The molecule has 5 heteroatoms. The molecule has 0 N–H and O–H groups in total. The lowest BCUT2D eigenvalue weighted by Crippen LogP contribution is -2.30. The third-order valence-corrected chi connectivity index (χ3v) is 5.29. The second-order valence-corrected chi connectivity index (χ2v) is 7.01. The molecule has 1 aromatic heterocycles. The maximum absolute atomic E-state index is 12.4. The average Bonchev–Trinajstić information content (AvgIpc) is 3.09. The van der Waals surface area contributed by atoms with Crippen molar-refractivity contribution < 1.29 is 9.53 Å². The Balaban J connectivity index is 1.51. The van der Waals surface area contributed by atoms with Gasteiger partial charge in [-0.3, -0.25) is 4.79 Å². The Kier molecular flexibility index (Phi) is 4.69. The molecular weight excluding hydrogens is 318 g/mol. The predicted octanol–water partition coefficient (Wildman–Crippen LogP) is 4.04. The Bertz CT molecular complexity index is 644. The summed E-state index contributed by atoms with van der Waals surface area (Å²) in [6.07, 6.45) is 3.46. The van der Waals surface area contributed by atoms with Gasteiger partial charge in [0.1, 0.15) is 12.4 Å². The smallest absolute Gasteiger partial charge is 0.263 e. The van der Waals surface area contributed by atoms with Gasteiger partial charge in [-0.15, -0.1) is 11.3 Å². The first-order valence-corrected chi connectivity index (χ1v) is 8.58. The minimum absolute atomic E-state index is 0.0825. The van der Waals surface area contributed by atoms with Gasteiger partial charge in [-0.2, -0.15) is 0 Å². The van der Waals surface area contributed by atoms with Gasteiger partial charge in [0, 0.05) is 16.9 Å². The minimum atomic E-state index is 0.0825. The van der Waals surface area contributed by atoms with Crippen LogP contribution >= 0.6 is 22.9 Å². The van der Waals surface area contributed by atoms with Crippen LogP contribution in [0, 0.1) is 0 Å². The summed E-state index contributed by atoms with van der Waals surface area (Å²) in [4.78, 5) is 16.3. The number of carbonyl (C=O) groups excluding carboxylic acids is 1. The third-order valence-electron chi connectivity index (χ3n) is 3.81. The number of hydrogen-bond acceptors (Lipinski definition) is 3. The highest BCUT2D eigenvalue weighted by molar-refractivity contribution is 7.14. The third kappa shape index (κ3) is 3.45. The van der Waals surface area contributed by atoms with Crippen molar-refractivity contribution in [3.8, 4) is 5.75 Å². The molecule has 116 valence electrons. The number of halogens is 1. The molecule has 1 aliphatic carbocycles. The van der Waals surface area contributed by atoms with E-state index in [1.165, 1.54) is 16.9 Å². The maximum Gasteiger partial charge on any atom is 0.263 e. The van der Waals surface area contributed by atoms with Crippen molar-refractivity contribution in [2.75, 3.05) is 20.2 Å². The monoisotopic (exact) mass is 335 g/mol. The standard InChI is InChI=1S/C17H18ClNO2S/c1-19(9-10-21-14-7-5-13(18)6-8-14)17(20)16-11-12-3-2-4-15(12)22-16/h5-8,11H,2-4,9-10H2,1H3. The molecule has 22 heavy (non-hydrogen) atoms. The molecule has 1 heterocycles. The van der Waals surface area contributed by atoms with E-state index in [1.54, 1.807) is 28.4 Å². The van der Waals surface area contributed by atoms with E-state index in [4.69, 9.17) is 16.3 Å². The largest absolute Gasteiger partial charge is 0.492 e. The quantitative estimate of drug-likeness (QED) is 0.825. The van der Waals surface area contributed by atoms with Crippen LogP contribution in [0.3, 0.4) is 0 Å². The second-order valence-electron chi connectivity index (χ2n) is 5.44. The Morgan fingerprint density at radius 3 is 2.82 bits per heavy atom. The number of benzene rings is 1. The Hall–Kier alpha value is -1.52. The summed E-state index contributed by atoms with van der Waals surface area (Å²) in [6, 6.07) is 9.30. The van der Waals surface area contributed by atoms with Crippen molar-refractivity contribution in [1.29, 1.82) is 0 Å². The molecule has 1 aromatic carbocycles. The van der Waals surface area contributed by atoms with E-state index in [9.17, 15) is 4.79 Å². The number of nitrogens with zero attached hydrogens (tertiary/aromatic N) is 1. The number of thiophene rings is 1. The lowest BCUT2D eigenvalue weighted by atomic mass is 10.2. The van der Waals surface area contributed by atoms with Crippen LogP contribution in [-0.4, -0.2) is 31.0 Å². The first kappa shape index (κ1) is 15.4. The van der Waals surface area contributed by atoms with E-state index >= 15 is 0 Å². The van der Waals surface area contributed by atoms with Crippen LogP contribution in [-0.2, 0) is 12.8 Å². The van der Waals surface area contributed by atoms with Gasteiger partial charge in [0.15, 0.2) is 0 Å². The number of hydrogen-bond donors (Lipinski definition) is 0. The molecule has 0 aliphatic heterocycles. The molecule has 3 rings (SSSR count). The van der Waals surface area contributed by atoms with E-state index in [-0.39, 0.29) is 5.91 Å². The molecule has 1 amide bonds. The topological polar surface area (TPSA) is 29.5 Å². The molecule has 0 bridgehead atoms. The number of likely N-dealkylation sites (N-methyl/N-ethyl adjacent to an activating group) is 1. The molecule has 0 atom stereocenters. The van der Waals surface area contributed by atoms with Crippen LogP contribution in [0.15, 0.2) is 30.3 Å². The van der Waals surface area contributed by atoms with Gasteiger partial charge < -0.3 is 9.64 Å². The van der Waals surface area contributed by atoms with Crippen LogP contribution in [0.2, 0.25) is 5.02 Å². The van der Waals surface area contributed by atoms with E-state index in [1.807, 2.05) is 19.2 Å². The van der Waals surface area contributed by atoms with Gasteiger partial charge in [0.25, 0.3) is 5.91 Å². The zero-order chi connectivity index (χ0) is 15.5. The summed E-state index contributed by atoms with van der Waals surface area (Å²) < 4.78 is 5.63. The van der Waals surface area contributed by atoms with Gasteiger partial charge in [-0.25, -0.2) is 0 Å². The van der Waals surface area contributed by atoms with E-state index in [0.29, 0.717) is 18.2 Å². The number of aryl methyl sites for hydroxylation is 2. The Morgan fingerprint density at radius 1 is 1.32 bits per heavy atom. The molecule has 0 fully saturated rings. The van der Waals surface area contributed by atoms with Crippen molar-refractivity contribution in [3.05, 3.63) is 50.7 Å². The van der Waals surface area contributed by atoms with Gasteiger partial charge in [-0.05, 0) is 55.2 Å². The Labute approximate surface area is 139 Å². The molecule has 0 saturated carbocycles. The number of rotatable bonds is 5. The SMILES string of the molecule is CN(CCOc1ccc(Cl)cc1)C(=O)c1cc2c(s1)CCC2. The highest BCUT2D eigenvalue weighted by Gasteiger charge is 2.20. The second kappa shape index (κ2) is 6.71. The number of fused-ring (bicyclic) bond motifs is 1. The van der Waals surface area contributed by atoms with E-state index in [0.717, 1.165) is 23.5 Å². The fourth-order valence-electron chi connectivity index (χ4n) is 2.56. The van der Waals surface area contributed by atoms with Crippen molar-refractivity contribution in [2.24, 2.45) is 0 Å². The van der Waals surface area contributed by atoms with Gasteiger partial charge in [0.05, 0.1) is 11.4 Å². The van der Waals surface area contributed by atoms with Crippen molar-refractivity contribution in [1.82, 2.24) is 4.90 Å². The first-order chi connectivity index (χ1) is 10.6. The van der Waals surface area contributed by atoms with Crippen LogP contribution < -0.4 is 4.74 Å². The summed E-state index contributed by atoms with van der Waals surface area (Å²) in [7, 11) is 1.82. The zero-order valence-corrected chi connectivity index (χ0v) is 14.0. The molecule has 2 aromatic rings. The summed E-state index contributed by atoms with van der Waals surface area (Å²) in [5.74, 6) is 0.847. The molecule has 0 unspecified atom stereocenters. The van der Waals surface area contributed by atoms with Crippen LogP contribution in [0.4, 0.5) is 0 Å². The van der Waals surface area contributed by atoms with E-state index < -0.39 is 0 Å². The van der Waals surface area contributed by atoms with Gasteiger partial charge >= 0.3 is 0 Å². The number of amides is 1. The molecule has 0 saturated heterocycles. The van der Waals surface area contributed by atoms with Crippen LogP contribution in [0.1, 0.15) is 26.5 Å². The molecule has 3 nitrogen and oxygen atoms in total.